The van der Waals surface area contributed by atoms with E-state index >= 15 is 0 Å². The number of phenols is 1. The van der Waals surface area contributed by atoms with Crippen LogP contribution in [0.5, 0.6) is 5.75 Å². The number of urea groups is 1. The van der Waals surface area contributed by atoms with Gasteiger partial charge in [0.05, 0.1) is 23.3 Å². The van der Waals surface area contributed by atoms with Crippen LogP contribution in [0.3, 0.4) is 0 Å². The van der Waals surface area contributed by atoms with Crippen molar-refractivity contribution in [1.29, 1.82) is 0 Å². The van der Waals surface area contributed by atoms with Crippen LogP contribution in [-0.4, -0.2) is 87.6 Å². The Hall–Kier alpha value is -3.26. The lowest BCUT2D eigenvalue weighted by Gasteiger charge is -2.66. The van der Waals surface area contributed by atoms with Crippen LogP contribution in [0.15, 0.2) is 6.07 Å². The number of primary amides is 1. The van der Waals surface area contributed by atoms with Crippen molar-refractivity contribution < 1.29 is 44.4 Å². The molecule has 14 heteroatoms. The number of carbonyl (C=O) groups excluding carboxylic acids is 5. The van der Waals surface area contributed by atoms with Crippen molar-refractivity contribution in [2.75, 3.05) is 30.2 Å². The molecular weight excluding hydrogens is 584 g/mol. The van der Waals surface area contributed by atoms with Gasteiger partial charge in [0, 0.05) is 25.2 Å². The van der Waals surface area contributed by atoms with Gasteiger partial charge < -0.3 is 36.4 Å². The quantitative estimate of drug-likeness (QED) is 0.137. The summed E-state index contributed by atoms with van der Waals surface area (Å²) in [6, 6.07) is 0.431. The minimum absolute atomic E-state index is 0.00287. The second kappa shape index (κ2) is 10.7. The fourth-order valence-electron chi connectivity index (χ4n) is 8.39. The molecule has 0 aromatic heterocycles. The summed E-state index contributed by atoms with van der Waals surface area (Å²) in [7, 11) is 3.38. The summed E-state index contributed by atoms with van der Waals surface area (Å²) in [5.74, 6) is -9.49. The number of benzene rings is 1. The molecule has 0 bridgehead atoms. The number of phenolic OH excluding ortho intramolecular Hbond substituents is 1. The van der Waals surface area contributed by atoms with Gasteiger partial charge in [0.2, 0.25) is 11.8 Å². The molecule has 1 aromatic rings. The summed E-state index contributed by atoms with van der Waals surface area (Å²) >= 11 is 5.44. The summed E-state index contributed by atoms with van der Waals surface area (Å²) in [5, 5.41) is 51.0. The Morgan fingerprint density at radius 2 is 1.79 bits per heavy atom. The first-order valence-electron chi connectivity index (χ1n) is 14.0. The van der Waals surface area contributed by atoms with Crippen LogP contribution in [0.4, 0.5) is 16.2 Å². The molecule has 2 fully saturated rings. The number of hydrogen-bond acceptors (Lipinski definition) is 10. The molecule has 0 radical (unpaired) electrons. The van der Waals surface area contributed by atoms with Crippen LogP contribution in [0.2, 0.25) is 0 Å². The van der Waals surface area contributed by atoms with Gasteiger partial charge in [-0.15, -0.1) is 11.6 Å². The molecule has 8 N–H and O–H groups in total. The van der Waals surface area contributed by atoms with E-state index in [0.717, 1.165) is 0 Å². The van der Waals surface area contributed by atoms with Crippen LogP contribution in [-0.2, 0) is 20.8 Å². The number of fused-ring (bicyclic) bond motifs is 3. The smallest absolute Gasteiger partial charge is 0.326 e. The molecule has 4 rings (SSSR count). The Morgan fingerprint density at radius 3 is 2.30 bits per heavy atom. The van der Waals surface area contributed by atoms with Crippen LogP contribution in [0.1, 0.15) is 50.0 Å². The van der Waals surface area contributed by atoms with Crippen molar-refractivity contribution in [3.8, 4) is 5.75 Å². The maximum Gasteiger partial charge on any atom is 0.326 e. The van der Waals surface area contributed by atoms with Crippen molar-refractivity contribution in [2.24, 2.45) is 40.2 Å². The molecule has 2 saturated carbocycles. The topological polar surface area (TPSA) is 220 Å². The monoisotopic (exact) mass is 622 g/mol. The number of anilines is 2. The Balaban J connectivity index is 1.92. The number of carbonyl (C=O) groups is 5. The molecule has 1 aromatic carbocycles. The van der Waals surface area contributed by atoms with Gasteiger partial charge in [-0.1, -0.05) is 27.7 Å². The number of rotatable bonds is 5. The number of Topliss-reactive ketones (excluding diaryl/α,β-unsaturated/α-hetero) is 2. The first kappa shape index (κ1) is 32.6. The van der Waals surface area contributed by atoms with Crippen LogP contribution < -0.4 is 21.3 Å². The predicted octanol–water partition coefficient (Wildman–Crippen LogP) is 0.526. The molecule has 8 atom stereocenters. The summed E-state index contributed by atoms with van der Waals surface area (Å²) in [6.07, 6.45) is -3.46. The number of ketones is 2. The van der Waals surface area contributed by atoms with Crippen molar-refractivity contribution >= 4 is 52.4 Å². The van der Waals surface area contributed by atoms with Gasteiger partial charge >= 0.3 is 6.03 Å². The summed E-state index contributed by atoms with van der Waals surface area (Å²) in [5.41, 5.74) is 0.712. The number of halogens is 1. The van der Waals surface area contributed by atoms with Gasteiger partial charge in [-0.3, -0.25) is 24.5 Å². The second-order valence-electron chi connectivity index (χ2n) is 13.2. The first-order chi connectivity index (χ1) is 19.8. The molecule has 0 aliphatic heterocycles. The minimum atomic E-state index is -2.64. The Kier molecular flexibility index (Phi) is 8.14. The molecule has 13 nitrogen and oxygen atoms in total. The van der Waals surface area contributed by atoms with E-state index < -0.39 is 87.4 Å². The maximum atomic E-state index is 14.3. The van der Waals surface area contributed by atoms with E-state index in [4.69, 9.17) is 17.3 Å². The maximum absolute atomic E-state index is 14.3. The number of alkyl halides is 1. The molecule has 0 saturated heterocycles. The Labute approximate surface area is 253 Å². The molecule has 43 heavy (non-hydrogen) atoms. The molecule has 0 heterocycles. The lowest BCUT2D eigenvalue weighted by molar-refractivity contribution is -0.265. The lowest BCUT2D eigenvalue weighted by atomic mass is 9.39. The molecule has 236 valence electrons. The number of aliphatic hydroxyl groups is 3. The first-order valence-corrected chi connectivity index (χ1v) is 14.5. The van der Waals surface area contributed by atoms with Crippen molar-refractivity contribution in [1.82, 2.24) is 5.32 Å². The number of aliphatic hydroxyl groups excluding tert-OH is 2. The Bertz CT molecular complexity index is 1420. The fourth-order valence-corrected chi connectivity index (χ4v) is 8.46. The number of amides is 4. The normalized spacial score (nSPS) is 35.0. The van der Waals surface area contributed by atoms with Gasteiger partial charge in [0.1, 0.15) is 23.7 Å². The molecular formula is C29H39ClN4O9. The third-order valence-corrected chi connectivity index (χ3v) is 10.1. The average molecular weight is 623 g/mol. The number of imide groups is 1. The molecule has 3 aliphatic rings. The van der Waals surface area contributed by atoms with E-state index in [1.54, 1.807) is 46.7 Å². The lowest BCUT2D eigenvalue weighted by Crippen LogP contribution is -2.79. The fraction of sp³-hybridized carbons (Fsp3) is 0.621. The van der Waals surface area contributed by atoms with Crippen molar-refractivity contribution in [3.63, 3.8) is 0 Å². The predicted molar refractivity (Wildman–Crippen MR) is 156 cm³/mol. The molecule has 2 unspecified atom stereocenters. The number of nitrogens with two attached hydrogens (primary N) is 1. The highest BCUT2D eigenvalue weighted by atomic mass is 35.5. The number of nitrogens with zero attached hydrogens (tertiary/aromatic N) is 1. The number of hydrogen-bond donors (Lipinski definition) is 7. The van der Waals surface area contributed by atoms with Crippen molar-refractivity contribution in [3.05, 3.63) is 17.2 Å². The highest BCUT2D eigenvalue weighted by Gasteiger charge is 2.76. The van der Waals surface area contributed by atoms with E-state index in [9.17, 15) is 44.4 Å². The zero-order chi connectivity index (χ0) is 32.6. The van der Waals surface area contributed by atoms with E-state index in [2.05, 4.69) is 5.32 Å². The Morgan fingerprint density at radius 1 is 1.19 bits per heavy atom. The van der Waals surface area contributed by atoms with Crippen LogP contribution >= 0.6 is 11.6 Å². The van der Waals surface area contributed by atoms with E-state index in [1.807, 2.05) is 5.32 Å². The van der Waals surface area contributed by atoms with Gasteiger partial charge in [-0.25, -0.2) is 4.79 Å². The second-order valence-corrected chi connectivity index (χ2v) is 13.4. The van der Waals surface area contributed by atoms with E-state index in [0.29, 0.717) is 11.3 Å². The zero-order valence-electron chi connectivity index (χ0n) is 24.9. The molecule has 3 aliphatic carbocycles. The van der Waals surface area contributed by atoms with E-state index in [1.165, 1.54) is 6.07 Å². The van der Waals surface area contributed by atoms with Gasteiger partial charge in [-0.05, 0) is 41.7 Å². The third-order valence-electron chi connectivity index (χ3n) is 9.86. The zero-order valence-corrected chi connectivity index (χ0v) is 25.7. The van der Waals surface area contributed by atoms with Gasteiger partial charge in [0.25, 0.3) is 0 Å². The van der Waals surface area contributed by atoms with Crippen molar-refractivity contribution in [2.45, 2.75) is 58.3 Å². The SMILES string of the molecule is CC(C)[C@H]1C(O)[C@@H](C(N)=O)C(=O)[C@]2(O)C(O)[C@H]3C(=O)c4c(O)c(NC(=O)NC(=O)CCl)cc(N(C)C)c4C[C@]3(C)C[C@]12C. The van der Waals surface area contributed by atoms with Gasteiger partial charge in [0.15, 0.2) is 17.2 Å². The highest BCUT2D eigenvalue weighted by molar-refractivity contribution is 6.28. The van der Waals surface area contributed by atoms with Gasteiger partial charge in [-0.2, -0.15) is 0 Å². The minimum Gasteiger partial charge on any atom is -0.505 e. The molecule has 4 amide bonds. The summed E-state index contributed by atoms with van der Waals surface area (Å²) in [6.45, 7) is 6.86. The van der Waals surface area contributed by atoms with Crippen LogP contribution in [0, 0.1) is 34.5 Å². The standard InChI is InChI=1S/C29H39ClN4O9/c1-11(2)18-22(38)17(25(31)41)23(39)29(43)24(40)19-21(37)16-12(8-27(19,3)10-28(18,29)4)14(34(5)6)7-13(20(16)36)32-26(42)33-15(35)9-30/h7,11,17-19,22,24,36,38,40,43H,8-10H2,1-6H3,(H2,31,41)(H2,32,33,35,42)/t17-,18+,19-,22?,24?,27-,28-,29+/m1/s1. The largest absolute Gasteiger partial charge is 0.505 e. The third kappa shape index (κ3) is 4.59. The number of aromatic hydroxyl groups is 1. The highest BCUT2D eigenvalue weighted by Crippen LogP contribution is 2.66. The van der Waals surface area contributed by atoms with E-state index in [-0.39, 0.29) is 30.0 Å². The summed E-state index contributed by atoms with van der Waals surface area (Å²) < 4.78 is 0. The van der Waals surface area contributed by atoms with Crippen LogP contribution in [0.25, 0.3) is 0 Å². The summed E-state index contributed by atoms with van der Waals surface area (Å²) in [4.78, 5) is 66.2. The average Bonchev–Trinajstić information content (AvgIpc) is 2.86. The molecule has 0 spiro atoms. The number of nitrogens with one attached hydrogen (secondary N) is 2.